The topological polar surface area (TPSA) is 67.2 Å². The second-order valence-corrected chi connectivity index (χ2v) is 4.88. The van der Waals surface area contributed by atoms with Crippen LogP contribution in [-0.4, -0.2) is 32.4 Å². The number of nitrogens with one attached hydrogen (secondary N) is 1. The molecule has 96 valence electrons. The Morgan fingerprint density at radius 3 is 2.71 bits per heavy atom. The van der Waals surface area contributed by atoms with E-state index in [4.69, 9.17) is 0 Å². The molecule has 0 saturated heterocycles. The summed E-state index contributed by atoms with van der Waals surface area (Å²) in [7, 11) is 0. The Bertz CT molecular complexity index is 387. The molecule has 0 aliphatic heterocycles. The van der Waals surface area contributed by atoms with Crippen molar-refractivity contribution in [1.82, 2.24) is 15.1 Å². The van der Waals surface area contributed by atoms with Crippen LogP contribution in [0.15, 0.2) is 12.3 Å². The highest BCUT2D eigenvalue weighted by Crippen LogP contribution is 2.13. The maximum atomic E-state index is 11.3. The van der Waals surface area contributed by atoms with Gasteiger partial charge in [0.25, 0.3) is 0 Å². The first-order chi connectivity index (χ1) is 7.85. The van der Waals surface area contributed by atoms with E-state index in [-0.39, 0.29) is 6.04 Å². The quantitative estimate of drug-likeness (QED) is 0.788. The number of aliphatic carboxylic acids is 1. The van der Waals surface area contributed by atoms with Gasteiger partial charge in [0, 0.05) is 24.5 Å². The van der Waals surface area contributed by atoms with Gasteiger partial charge in [-0.2, -0.15) is 5.10 Å². The fraction of sp³-hybridized carbons (Fsp3) is 0.667. The lowest BCUT2D eigenvalue weighted by Crippen LogP contribution is -2.52. The van der Waals surface area contributed by atoms with E-state index in [1.54, 1.807) is 13.1 Å². The van der Waals surface area contributed by atoms with Crippen LogP contribution in [0.25, 0.3) is 0 Å². The molecule has 1 aromatic heterocycles. The fourth-order valence-corrected chi connectivity index (χ4v) is 1.84. The Hall–Kier alpha value is -1.36. The lowest BCUT2D eigenvalue weighted by atomic mass is 9.97. The highest BCUT2D eigenvalue weighted by atomic mass is 16.4. The van der Waals surface area contributed by atoms with Crippen LogP contribution in [0.2, 0.25) is 0 Å². The summed E-state index contributed by atoms with van der Waals surface area (Å²) in [4.78, 5) is 11.3. The molecular formula is C12H21N3O2. The van der Waals surface area contributed by atoms with Crippen LogP contribution in [0.4, 0.5) is 0 Å². The SMILES string of the molecule is Cc1ccnn1CCC(C)(NC(C)C)C(=O)O. The van der Waals surface area contributed by atoms with Crippen LogP contribution in [0.3, 0.4) is 0 Å². The van der Waals surface area contributed by atoms with E-state index < -0.39 is 11.5 Å². The monoisotopic (exact) mass is 239 g/mol. The van der Waals surface area contributed by atoms with Crippen molar-refractivity contribution in [3.63, 3.8) is 0 Å². The van der Waals surface area contributed by atoms with Crippen LogP contribution >= 0.6 is 0 Å². The molecule has 0 aliphatic rings. The minimum absolute atomic E-state index is 0.134. The average molecular weight is 239 g/mol. The summed E-state index contributed by atoms with van der Waals surface area (Å²) in [6.45, 7) is 8.16. The van der Waals surface area contributed by atoms with Crippen molar-refractivity contribution < 1.29 is 9.90 Å². The predicted molar refractivity (Wildman–Crippen MR) is 65.9 cm³/mol. The molecule has 0 radical (unpaired) electrons. The third-order valence-corrected chi connectivity index (χ3v) is 2.83. The van der Waals surface area contributed by atoms with Gasteiger partial charge in [-0.3, -0.25) is 14.8 Å². The van der Waals surface area contributed by atoms with E-state index in [2.05, 4.69) is 10.4 Å². The molecule has 0 amide bonds. The number of carboxylic acid groups (broad SMARTS) is 1. The van der Waals surface area contributed by atoms with Crippen molar-refractivity contribution in [2.45, 2.75) is 52.2 Å². The Balaban J connectivity index is 2.68. The molecule has 0 bridgehead atoms. The Labute approximate surface area is 102 Å². The predicted octanol–water partition coefficient (Wildman–Crippen LogP) is 1.42. The van der Waals surface area contributed by atoms with Crippen molar-refractivity contribution in [2.75, 3.05) is 0 Å². The first kappa shape index (κ1) is 13.7. The number of hydrogen-bond donors (Lipinski definition) is 2. The van der Waals surface area contributed by atoms with Gasteiger partial charge in [0.15, 0.2) is 0 Å². The van der Waals surface area contributed by atoms with E-state index in [9.17, 15) is 9.90 Å². The van der Waals surface area contributed by atoms with Gasteiger partial charge in [0.05, 0.1) is 0 Å². The second kappa shape index (κ2) is 5.31. The maximum absolute atomic E-state index is 11.3. The Morgan fingerprint density at radius 2 is 2.29 bits per heavy atom. The first-order valence-electron chi connectivity index (χ1n) is 5.84. The highest BCUT2D eigenvalue weighted by molar-refractivity contribution is 5.78. The van der Waals surface area contributed by atoms with Crippen molar-refractivity contribution >= 4 is 5.97 Å². The van der Waals surface area contributed by atoms with Crippen LogP contribution in [-0.2, 0) is 11.3 Å². The summed E-state index contributed by atoms with van der Waals surface area (Å²) in [6.07, 6.45) is 2.23. The number of rotatable bonds is 6. The molecule has 1 aromatic rings. The molecule has 0 spiro atoms. The summed E-state index contributed by atoms with van der Waals surface area (Å²) in [6, 6.07) is 2.04. The molecule has 0 aliphatic carbocycles. The van der Waals surface area contributed by atoms with Gasteiger partial charge in [0.1, 0.15) is 5.54 Å². The zero-order valence-electron chi connectivity index (χ0n) is 10.9. The molecule has 1 heterocycles. The number of aromatic nitrogens is 2. The zero-order valence-corrected chi connectivity index (χ0v) is 10.9. The van der Waals surface area contributed by atoms with Crippen molar-refractivity contribution in [3.05, 3.63) is 18.0 Å². The van der Waals surface area contributed by atoms with Crippen molar-refractivity contribution in [3.8, 4) is 0 Å². The second-order valence-electron chi connectivity index (χ2n) is 4.88. The van der Waals surface area contributed by atoms with E-state index in [0.29, 0.717) is 13.0 Å². The lowest BCUT2D eigenvalue weighted by molar-refractivity contribution is -0.144. The third-order valence-electron chi connectivity index (χ3n) is 2.83. The molecule has 1 atom stereocenters. The van der Waals surface area contributed by atoms with Gasteiger partial charge in [-0.25, -0.2) is 0 Å². The van der Waals surface area contributed by atoms with Gasteiger partial charge in [-0.1, -0.05) is 0 Å². The third kappa shape index (κ3) is 3.56. The van der Waals surface area contributed by atoms with Crippen LogP contribution < -0.4 is 5.32 Å². The van der Waals surface area contributed by atoms with Crippen molar-refractivity contribution in [2.24, 2.45) is 0 Å². The first-order valence-corrected chi connectivity index (χ1v) is 5.84. The molecule has 5 heteroatoms. The largest absolute Gasteiger partial charge is 0.480 e. The molecule has 0 saturated carbocycles. The molecule has 17 heavy (non-hydrogen) atoms. The maximum Gasteiger partial charge on any atom is 0.323 e. The Kier molecular flexibility index (Phi) is 4.28. The minimum atomic E-state index is -0.910. The average Bonchev–Trinajstić information content (AvgIpc) is 2.60. The molecule has 0 aromatic carbocycles. The van der Waals surface area contributed by atoms with E-state index in [1.165, 1.54) is 0 Å². The van der Waals surface area contributed by atoms with Crippen LogP contribution in [0.5, 0.6) is 0 Å². The van der Waals surface area contributed by atoms with Crippen molar-refractivity contribution in [1.29, 1.82) is 0 Å². The Morgan fingerprint density at radius 1 is 1.65 bits per heavy atom. The summed E-state index contributed by atoms with van der Waals surface area (Å²) in [5.74, 6) is -0.823. The van der Waals surface area contributed by atoms with Gasteiger partial charge in [0.2, 0.25) is 0 Å². The normalized spacial score (nSPS) is 14.9. The van der Waals surface area contributed by atoms with E-state index in [1.807, 2.05) is 31.5 Å². The fourth-order valence-electron chi connectivity index (χ4n) is 1.84. The number of nitrogens with zero attached hydrogens (tertiary/aromatic N) is 2. The number of carbonyl (C=O) groups is 1. The van der Waals surface area contributed by atoms with Gasteiger partial charge < -0.3 is 5.11 Å². The molecule has 1 unspecified atom stereocenters. The molecule has 2 N–H and O–H groups in total. The lowest BCUT2D eigenvalue weighted by Gasteiger charge is -2.28. The standard InChI is InChI=1S/C12H21N3O2/c1-9(2)14-12(4,11(16)17)6-8-15-10(3)5-7-13-15/h5,7,9,14H,6,8H2,1-4H3,(H,16,17). The zero-order chi connectivity index (χ0) is 13.1. The van der Waals surface area contributed by atoms with Crippen LogP contribution in [0.1, 0.15) is 32.9 Å². The molecule has 0 fully saturated rings. The summed E-state index contributed by atoms with van der Waals surface area (Å²) in [5.41, 5.74) is 0.134. The minimum Gasteiger partial charge on any atom is -0.480 e. The number of carboxylic acids is 1. The molecule has 1 rings (SSSR count). The summed E-state index contributed by atoms with van der Waals surface area (Å²) >= 11 is 0. The van der Waals surface area contributed by atoms with Gasteiger partial charge >= 0.3 is 5.97 Å². The smallest absolute Gasteiger partial charge is 0.323 e. The van der Waals surface area contributed by atoms with E-state index in [0.717, 1.165) is 5.69 Å². The number of aryl methyl sites for hydroxylation is 2. The van der Waals surface area contributed by atoms with Crippen LogP contribution in [0, 0.1) is 6.92 Å². The number of hydrogen-bond acceptors (Lipinski definition) is 3. The molecular weight excluding hydrogens is 218 g/mol. The van der Waals surface area contributed by atoms with E-state index >= 15 is 0 Å². The van der Waals surface area contributed by atoms with Gasteiger partial charge in [-0.15, -0.1) is 0 Å². The summed E-state index contributed by atoms with van der Waals surface area (Å²) < 4.78 is 1.82. The summed E-state index contributed by atoms with van der Waals surface area (Å²) in [5, 5.41) is 16.5. The molecule has 5 nitrogen and oxygen atoms in total. The highest BCUT2D eigenvalue weighted by Gasteiger charge is 2.33. The van der Waals surface area contributed by atoms with Gasteiger partial charge in [-0.05, 0) is 40.2 Å².